The van der Waals surface area contributed by atoms with Crippen LogP contribution in [0, 0.1) is 5.92 Å². The zero-order valence-electron chi connectivity index (χ0n) is 9.13. The van der Waals surface area contributed by atoms with Gasteiger partial charge in [-0.15, -0.1) is 0 Å². The third-order valence-corrected chi connectivity index (χ3v) is 3.63. The Kier molecular flexibility index (Phi) is 5.08. The minimum Gasteiger partial charge on any atom is -0.438 e. The molecule has 1 amide bonds. The molecule has 1 aliphatic carbocycles. The summed E-state index contributed by atoms with van der Waals surface area (Å²) < 4.78 is 30.9. The molecule has 1 atom stereocenters. The van der Waals surface area contributed by atoms with Crippen LogP contribution in [0.4, 0.5) is 13.6 Å². The Hall–Kier alpha value is -0.470. The van der Waals surface area contributed by atoms with Crippen LogP contribution in [0.1, 0.15) is 25.7 Å². The summed E-state index contributed by atoms with van der Waals surface area (Å²) in [6.07, 6.45) is -2.21. The average Bonchev–Trinajstić information content (AvgIpc) is 2.25. The maximum atomic E-state index is 13.0. The number of nitrogens with two attached hydrogens (primary N) is 1. The lowest BCUT2D eigenvalue weighted by Gasteiger charge is -2.32. The summed E-state index contributed by atoms with van der Waals surface area (Å²) in [6.45, 7) is 0. The molecule has 0 aromatic rings. The summed E-state index contributed by atoms with van der Waals surface area (Å²) in [5.41, 5.74) is 4.88. The zero-order valence-corrected chi connectivity index (χ0v) is 11.3. The van der Waals surface area contributed by atoms with Gasteiger partial charge in [-0.3, -0.25) is 4.79 Å². The van der Waals surface area contributed by atoms with Crippen LogP contribution in [0.25, 0.3) is 0 Å². The fourth-order valence-corrected chi connectivity index (χ4v) is 2.43. The van der Waals surface area contributed by atoms with E-state index in [-0.39, 0.29) is 41.8 Å². The molecule has 0 saturated heterocycles. The predicted molar refractivity (Wildman–Crippen MR) is 65.3 cm³/mol. The van der Waals surface area contributed by atoms with Crippen molar-refractivity contribution in [1.29, 1.82) is 0 Å². The van der Waals surface area contributed by atoms with Gasteiger partial charge < -0.3 is 10.5 Å². The highest BCUT2D eigenvalue weighted by Gasteiger charge is 2.40. The molecular formula is C10H14F2INO3. The summed E-state index contributed by atoms with van der Waals surface area (Å²) in [4.78, 5) is 22.3. The molecule has 0 aliphatic heterocycles. The number of primary amides is 1. The van der Waals surface area contributed by atoms with Gasteiger partial charge in [0.25, 0.3) is 0 Å². The number of ether oxygens (including phenoxy) is 1. The van der Waals surface area contributed by atoms with E-state index in [1.54, 1.807) is 0 Å². The predicted octanol–water partition coefficient (Wildman–Crippen LogP) is 2.28. The van der Waals surface area contributed by atoms with Crippen LogP contribution in [-0.2, 0) is 9.53 Å². The summed E-state index contributed by atoms with van der Waals surface area (Å²) in [5.74, 6) is -3.29. The van der Waals surface area contributed by atoms with Crippen LogP contribution in [0.2, 0.25) is 0 Å². The minimum atomic E-state index is -2.67. The second kappa shape index (κ2) is 5.92. The normalized spacial score (nSPS) is 21.8. The Morgan fingerprint density at radius 2 is 1.94 bits per heavy atom. The summed E-state index contributed by atoms with van der Waals surface area (Å²) >= 11 is 1.85. The largest absolute Gasteiger partial charge is 0.438 e. The van der Waals surface area contributed by atoms with E-state index < -0.39 is 18.1 Å². The van der Waals surface area contributed by atoms with E-state index in [4.69, 9.17) is 10.5 Å². The molecule has 0 spiro atoms. The second-order valence-electron chi connectivity index (χ2n) is 4.15. The minimum absolute atomic E-state index is 0.169. The van der Waals surface area contributed by atoms with Gasteiger partial charge in [-0.1, -0.05) is 22.6 Å². The van der Waals surface area contributed by atoms with Crippen LogP contribution in [0.3, 0.4) is 0 Å². The maximum absolute atomic E-state index is 13.0. The molecule has 0 bridgehead atoms. The van der Waals surface area contributed by atoms with Crippen molar-refractivity contribution < 1.29 is 23.1 Å². The van der Waals surface area contributed by atoms with Gasteiger partial charge in [0.15, 0.2) is 11.9 Å². The van der Waals surface area contributed by atoms with Crippen molar-refractivity contribution in [1.82, 2.24) is 0 Å². The lowest BCUT2D eigenvalue weighted by molar-refractivity contribution is -0.130. The van der Waals surface area contributed by atoms with Gasteiger partial charge in [0, 0.05) is 18.8 Å². The highest BCUT2D eigenvalue weighted by atomic mass is 127. The SMILES string of the molecule is NC(=O)O[C@H](C(=O)CI)C1CCC(F)(F)CC1. The van der Waals surface area contributed by atoms with Crippen molar-refractivity contribution in [2.45, 2.75) is 37.7 Å². The van der Waals surface area contributed by atoms with Gasteiger partial charge in [0.1, 0.15) is 0 Å². The van der Waals surface area contributed by atoms with Crippen molar-refractivity contribution in [2.75, 3.05) is 4.43 Å². The van der Waals surface area contributed by atoms with Crippen molar-refractivity contribution in [3.63, 3.8) is 0 Å². The number of Topliss-reactive ketones (excluding diaryl/α,β-unsaturated/α-hetero) is 1. The number of halogens is 3. The van der Waals surface area contributed by atoms with E-state index in [0.29, 0.717) is 0 Å². The van der Waals surface area contributed by atoms with Gasteiger partial charge in [0.2, 0.25) is 5.92 Å². The van der Waals surface area contributed by atoms with Crippen LogP contribution >= 0.6 is 22.6 Å². The fourth-order valence-electron chi connectivity index (χ4n) is 1.99. The standard InChI is InChI=1S/C10H14F2INO3/c11-10(12)3-1-6(2-4-10)8(7(15)5-13)17-9(14)16/h6,8H,1-5H2,(H2,14,16)/t8-/m0/s1. The molecule has 0 aromatic carbocycles. The molecule has 2 N–H and O–H groups in total. The molecule has 1 aliphatic rings. The van der Waals surface area contributed by atoms with Gasteiger partial charge in [-0.2, -0.15) is 0 Å². The van der Waals surface area contributed by atoms with Gasteiger partial charge in [-0.05, 0) is 12.8 Å². The van der Waals surface area contributed by atoms with Crippen LogP contribution in [0.15, 0.2) is 0 Å². The van der Waals surface area contributed by atoms with Crippen LogP contribution in [0.5, 0.6) is 0 Å². The van der Waals surface area contributed by atoms with Gasteiger partial charge in [-0.25, -0.2) is 13.6 Å². The number of rotatable bonds is 4. The second-order valence-corrected chi connectivity index (χ2v) is 4.91. The first-order valence-electron chi connectivity index (χ1n) is 5.28. The summed E-state index contributed by atoms with van der Waals surface area (Å²) in [7, 11) is 0. The maximum Gasteiger partial charge on any atom is 0.405 e. The monoisotopic (exact) mass is 361 g/mol. The quantitative estimate of drug-likeness (QED) is 0.617. The molecule has 1 rings (SSSR count). The third-order valence-electron chi connectivity index (χ3n) is 2.88. The van der Waals surface area contributed by atoms with E-state index in [2.05, 4.69) is 0 Å². The third kappa shape index (κ3) is 4.36. The van der Waals surface area contributed by atoms with E-state index in [1.807, 2.05) is 22.6 Å². The van der Waals surface area contributed by atoms with E-state index in [1.165, 1.54) is 0 Å². The van der Waals surface area contributed by atoms with Gasteiger partial charge >= 0.3 is 6.09 Å². The van der Waals surface area contributed by atoms with Crippen molar-refractivity contribution >= 4 is 34.5 Å². The Balaban J connectivity index is 2.65. The number of carbonyl (C=O) groups excluding carboxylic acids is 2. The Morgan fingerprint density at radius 3 is 2.35 bits per heavy atom. The molecule has 98 valence electrons. The highest BCUT2D eigenvalue weighted by molar-refractivity contribution is 14.1. The molecule has 7 heteroatoms. The number of carbonyl (C=O) groups is 2. The average molecular weight is 361 g/mol. The number of hydrogen-bond donors (Lipinski definition) is 1. The Labute approximate surface area is 111 Å². The number of ketones is 1. The molecule has 17 heavy (non-hydrogen) atoms. The Bertz CT molecular complexity index is 302. The lowest BCUT2D eigenvalue weighted by atomic mass is 9.82. The molecule has 0 aromatic heterocycles. The smallest absolute Gasteiger partial charge is 0.405 e. The van der Waals surface area contributed by atoms with E-state index >= 15 is 0 Å². The van der Waals surface area contributed by atoms with E-state index in [9.17, 15) is 18.4 Å². The van der Waals surface area contributed by atoms with Crippen LogP contribution in [-0.4, -0.2) is 28.3 Å². The fraction of sp³-hybridized carbons (Fsp3) is 0.800. The first-order chi connectivity index (χ1) is 7.85. The van der Waals surface area contributed by atoms with E-state index in [0.717, 1.165) is 0 Å². The molecule has 0 radical (unpaired) electrons. The van der Waals surface area contributed by atoms with Crippen molar-refractivity contribution in [2.24, 2.45) is 11.7 Å². The number of amides is 1. The highest BCUT2D eigenvalue weighted by Crippen LogP contribution is 2.38. The molecule has 4 nitrogen and oxygen atoms in total. The summed E-state index contributed by atoms with van der Waals surface area (Å²) in [6, 6.07) is 0. The lowest BCUT2D eigenvalue weighted by Crippen LogP contribution is -2.40. The first-order valence-corrected chi connectivity index (χ1v) is 6.81. The molecule has 0 heterocycles. The molecule has 0 unspecified atom stereocenters. The van der Waals surface area contributed by atoms with Crippen molar-refractivity contribution in [3.05, 3.63) is 0 Å². The molecule has 1 saturated carbocycles. The first kappa shape index (κ1) is 14.6. The topological polar surface area (TPSA) is 69.4 Å². The molecule has 1 fully saturated rings. The zero-order chi connectivity index (χ0) is 13.1. The molecular weight excluding hydrogens is 347 g/mol. The van der Waals surface area contributed by atoms with Crippen LogP contribution < -0.4 is 5.73 Å². The van der Waals surface area contributed by atoms with Crippen molar-refractivity contribution in [3.8, 4) is 0 Å². The number of hydrogen-bond acceptors (Lipinski definition) is 3. The Morgan fingerprint density at radius 1 is 1.41 bits per heavy atom. The number of alkyl halides is 3. The van der Waals surface area contributed by atoms with Gasteiger partial charge in [0.05, 0.1) is 4.43 Å². The summed E-state index contributed by atoms with van der Waals surface area (Å²) in [5, 5.41) is 0.